The Morgan fingerprint density at radius 2 is 1.74 bits per heavy atom. The second-order valence-electron chi connectivity index (χ2n) is 7.48. The number of carbonyl (C=O) groups is 3. The standard InChI is InChI=1S/C24H24N2O5/c1-4-20(27)26-19(24(29)31-3)13-17-16-7-5-6-8-18(16)25-21(17)22(26)14-9-11-15(12-10-14)23(28)30-2/h5-12,19,22,25H,4,13H2,1-3H3/t19-,22-/m1/s1. The van der Waals surface area contributed by atoms with E-state index in [1.54, 1.807) is 36.1 Å². The van der Waals surface area contributed by atoms with Crippen LogP contribution in [0.3, 0.4) is 0 Å². The van der Waals surface area contributed by atoms with Crippen LogP contribution in [0.5, 0.6) is 0 Å². The van der Waals surface area contributed by atoms with Crippen LogP contribution in [-0.2, 0) is 25.5 Å². The topological polar surface area (TPSA) is 88.7 Å². The van der Waals surface area contributed by atoms with Crippen molar-refractivity contribution in [3.63, 3.8) is 0 Å². The fraction of sp³-hybridized carbons (Fsp3) is 0.292. The molecule has 0 saturated heterocycles. The highest BCUT2D eigenvalue weighted by Crippen LogP contribution is 2.41. The number of nitrogens with zero attached hydrogens (tertiary/aromatic N) is 1. The fourth-order valence-electron chi connectivity index (χ4n) is 4.36. The van der Waals surface area contributed by atoms with Crippen molar-refractivity contribution in [2.24, 2.45) is 0 Å². The number of H-pyrrole nitrogens is 1. The van der Waals surface area contributed by atoms with E-state index in [4.69, 9.17) is 9.47 Å². The Morgan fingerprint density at radius 1 is 1.03 bits per heavy atom. The average molecular weight is 420 g/mol. The fourth-order valence-corrected chi connectivity index (χ4v) is 4.36. The molecule has 4 rings (SSSR count). The number of benzene rings is 2. The number of carbonyl (C=O) groups excluding carboxylic acids is 3. The number of hydrogen-bond donors (Lipinski definition) is 1. The number of amides is 1. The van der Waals surface area contributed by atoms with E-state index < -0.39 is 24.0 Å². The molecule has 2 atom stereocenters. The summed E-state index contributed by atoms with van der Waals surface area (Å²) < 4.78 is 9.85. The molecule has 0 unspecified atom stereocenters. The van der Waals surface area contributed by atoms with Crippen molar-refractivity contribution in [2.75, 3.05) is 14.2 Å². The summed E-state index contributed by atoms with van der Waals surface area (Å²) in [7, 11) is 2.67. The van der Waals surface area contributed by atoms with Crippen molar-refractivity contribution in [2.45, 2.75) is 31.8 Å². The zero-order chi connectivity index (χ0) is 22.1. The first-order valence-electron chi connectivity index (χ1n) is 10.2. The van der Waals surface area contributed by atoms with Gasteiger partial charge in [-0.3, -0.25) is 4.79 Å². The number of ether oxygens (including phenoxy) is 2. The van der Waals surface area contributed by atoms with Crippen LogP contribution in [0.15, 0.2) is 48.5 Å². The maximum absolute atomic E-state index is 13.1. The zero-order valence-electron chi connectivity index (χ0n) is 17.7. The highest BCUT2D eigenvalue weighted by atomic mass is 16.5. The van der Waals surface area contributed by atoms with Crippen molar-refractivity contribution >= 4 is 28.7 Å². The molecule has 3 aromatic rings. The molecule has 7 nitrogen and oxygen atoms in total. The van der Waals surface area contributed by atoms with Gasteiger partial charge in [-0.1, -0.05) is 37.3 Å². The molecule has 1 amide bonds. The molecule has 0 spiro atoms. The lowest BCUT2D eigenvalue weighted by molar-refractivity contribution is -0.155. The summed E-state index contributed by atoms with van der Waals surface area (Å²) >= 11 is 0. The smallest absolute Gasteiger partial charge is 0.337 e. The van der Waals surface area contributed by atoms with Crippen molar-refractivity contribution in [3.8, 4) is 0 Å². The maximum Gasteiger partial charge on any atom is 0.337 e. The summed E-state index contributed by atoms with van der Waals surface area (Å²) in [6.45, 7) is 1.77. The quantitative estimate of drug-likeness (QED) is 0.654. The number of rotatable bonds is 4. The van der Waals surface area contributed by atoms with E-state index in [2.05, 4.69) is 4.98 Å². The summed E-state index contributed by atoms with van der Waals surface area (Å²) in [5.74, 6) is -1.04. The van der Waals surface area contributed by atoms with Crippen LogP contribution in [0.1, 0.15) is 46.6 Å². The molecule has 2 aromatic carbocycles. The molecule has 0 saturated carbocycles. The number of methoxy groups -OCH3 is 2. The van der Waals surface area contributed by atoms with Gasteiger partial charge in [-0.25, -0.2) is 9.59 Å². The van der Waals surface area contributed by atoms with Crippen LogP contribution in [-0.4, -0.2) is 48.0 Å². The summed E-state index contributed by atoms with van der Waals surface area (Å²) in [6, 6.07) is 13.5. The number of aromatic nitrogens is 1. The van der Waals surface area contributed by atoms with Crippen molar-refractivity contribution < 1.29 is 23.9 Å². The number of nitrogens with one attached hydrogen (secondary N) is 1. The van der Waals surface area contributed by atoms with E-state index in [0.717, 1.165) is 27.7 Å². The van der Waals surface area contributed by atoms with Gasteiger partial charge in [0, 0.05) is 29.4 Å². The van der Waals surface area contributed by atoms with Crippen molar-refractivity contribution in [3.05, 3.63) is 70.9 Å². The molecule has 7 heteroatoms. The molecule has 160 valence electrons. The predicted molar refractivity (Wildman–Crippen MR) is 115 cm³/mol. The van der Waals surface area contributed by atoms with Gasteiger partial charge in [-0.05, 0) is 29.3 Å². The van der Waals surface area contributed by atoms with E-state index in [-0.39, 0.29) is 12.3 Å². The van der Waals surface area contributed by atoms with E-state index in [1.165, 1.54) is 14.2 Å². The van der Waals surface area contributed by atoms with Gasteiger partial charge >= 0.3 is 11.9 Å². The molecular weight excluding hydrogens is 396 g/mol. The Bertz CT molecular complexity index is 1150. The Hall–Kier alpha value is -3.61. The van der Waals surface area contributed by atoms with E-state index in [9.17, 15) is 14.4 Å². The third-order valence-electron chi connectivity index (χ3n) is 5.84. The molecule has 1 aliphatic heterocycles. The molecular formula is C24H24N2O5. The molecule has 31 heavy (non-hydrogen) atoms. The molecule has 0 aliphatic carbocycles. The summed E-state index contributed by atoms with van der Waals surface area (Å²) in [5.41, 5.74) is 4.01. The summed E-state index contributed by atoms with van der Waals surface area (Å²) in [6.07, 6.45) is 0.619. The number of aromatic amines is 1. The van der Waals surface area contributed by atoms with Crippen LogP contribution >= 0.6 is 0 Å². The highest BCUT2D eigenvalue weighted by molar-refractivity contribution is 5.91. The minimum absolute atomic E-state index is 0.151. The zero-order valence-corrected chi connectivity index (χ0v) is 17.7. The minimum Gasteiger partial charge on any atom is -0.467 e. The molecule has 1 N–H and O–H groups in total. The normalized spacial score (nSPS) is 17.8. The number of esters is 2. The first-order valence-corrected chi connectivity index (χ1v) is 10.2. The van der Waals surface area contributed by atoms with Crippen LogP contribution in [0, 0.1) is 0 Å². The van der Waals surface area contributed by atoms with Gasteiger partial charge < -0.3 is 19.4 Å². The van der Waals surface area contributed by atoms with Gasteiger partial charge in [0.1, 0.15) is 6.04 Å². The van der Waals surface area contributed by atoms with Gasteiger partial charge in [0.15, 0.2) is 0 Å². The monoisotopic (exact) mass is 420 g/mol. The lowest BCUT2D eigenvalue weighted by atomic mass is 9.87. The first kappa shape index (κ1) is 20.7. The average Bonchev–Trinajstić information content (AvgIpc) is 3.19. The van der Waals surface area contributed by atoms with Crippen LogP contribution in [0.2, 0.25) is 0 Å². The predicted octanol–water partition coefficient (Wildman–Crippen LogP) is 3.38. The summed E-state index contributed by atoms with van der Waals surface area (Å²) in [4.78, 5) is 42.7. The first-order chi connectivity index (χ1) is 15.0. The molecule has 0 fully saturated rings. The molecule has 0 bridgehead atoms. The van der Waals surface area contributed by atoms with Crippen molar-refractivity contribution in [1.29, 1.82) is 0 Å². The lowest BCUT2D eigenvalue weighted by Gasteiger charge is -2.41. The van der Waals surface area contributed by atoms with Gasteiger partial charge in [0.2, 0.25) is 5.91 Å². The highest BCUT2D eigenvalue weighted by Gasteiger charge is 2.43. The van der Waals surface area contributed by atoms with Crippen LogP contribution in [0.4, 0.5) is 0 Å². The minimum atomic E-state index is -0.741. The molecule has 1 aromatic heterocycles. The van der Waals surface area contributed by atoms with Gasteiger partial charge in [-0.15, -0.1) is 0 Å². The summed E-state index contributed by atoms with van der Waals surface area (Å²) in [5, 5.41) is 1.02. The third kappa shape index (κ3) is 3.46. The maximum atomic E-state index is 13.1. The molecule has 0 radical (unpaired) electrons. The van der Waals surface area contributed by atoms with Gasteiger partial charge in [-0.2, -0.15) is 0 Å². The number of fused-ring (bicyclic) bond motifs is 3. The van der Waals surface area contributed by atoms with Crippen molar-refractivity contribution in [1.82, 2.24) is 9.88 Å². The Kier molecular flexibility index (Phi) is 5.50. The van der Waals surface area contributed by atoms with Crippen LogP contribution in [0.25, 0.3) is 10.9 Å². The van der Waals surface area contributed by atoms with Gasteiger partial charge in [0.25, 0.3) is 0 Å². The van der Waals surface area contributed by atoms with E-state index in [0.29, 0.717) is 12.0 Å². The number of hydrogen-bond acceptors (Lipinski definition) is 5. The molecule has 2 heterocycles. The van der Waals surface area contributed by atoms with Gasteiger partial charge in [0.05, 0.1) is 25.8 Å². The molecule has 1 aliphatic rings. The third-order valence-corrected chi connectivity index (χ3v) is 5.84. The van der Waals surface area contributed by atoms with E-state index >= 15 is 0 Å². The Balaban J connectivity index is 1.92. The number of para-hydroxylation sites is 1. The SMILES string of the molecule is CCC(=O)N1[C@H](c2ccc(C(=O)OC)cc2)c2[nH]c3ccccc3c2C[C@@H]1C(=O)OC. The largest absolute Gasteiger partial charge is 0.467 e. The van der Waals surface area contributed by atoms with E-state index in [1.807, 2.05) is 24.3 Å². The Morgan fingerprint density at radius 3 is 2.39 bits per heavy atom. The second kappa shape index (κ2) is 8.26. The lowest BCUT2D eigenvalue weighted by Crippen LogP contribution is -2.51. The second-order valence-corrected chi connectivity index (χ2v) is 7.48. The Labute approximate surface area is 179 Å². The van der Waals surface area contributed by atoms with Crippen LogP contribution < -0.4 is 0 Å².